The lowest BCUT2D eigenvalue weighted by Crippen LogP contribution is -2.55. The molecule has 0 bridgehead atoms. The average molecular weight is 291 g/mol. The van der Waals surface area contributed by atoms with Gasteiger partial charge in [-0.2, -0.15) is 4.31 Å². The van der Waals surface area contributed by atoms with E-state index < -0.39 is 16.1 Å². The number of amides is 1. The van der Waals surface area contributed by atoms with Crippen LogP contribution in [0.25, 0.3) is 0 Å². The Morgan fingerprint density at radius 3 is 2.67 bits per heavy atom. The Balaban J connectivity index is 2.36. The summed E-state index contributed by atoms with van der Waals surface area (Å²) in [5, 5.41) is 2.57. The standard InChI is InChI=1S/C9H11ClN4O3S/c1-6-8(15)11-2-3-14(6)18(16,17)7-4-12-9(10)13-5-7/h4-6H,2-3H2,1H3,(H,11,15). The van der Waals surface area contributed by atoms with Crippen molar-refractivity contribution in [1.82, 2.24) is 19.6 Å². The maximum atomic E-state index is 12.3. The Morgan fingerprint density at radius 1 is 1.44 bits per heavy atom. The zero-order valence-electron chi connectivity index (χ0n) is 9.50. The molecule has 18 heavy (non-hydrogen) atoms. The number of nitrogens with one attached hydrogen (secondary N) is 1. The lowest BCUT2D eigenvalue weighted by Gasteiger charge is -2.31. The van der Waals surface area contributed by atoms with Crippen molar-refractivity contribution in [1.29, 1.82) is 0 Å². The summed E-state index contributed by atoms with van der Waals surface area (Å²) in [6.07, 6.45) is 2.26. The average Bonchev–Trinajstić information content (AvgIpc) is 2.33. The van der Waals surface area contributed by atoms with Crippen molar-refractivity contribution in [2.24, 2.45) is 0 Å². The van der Waals surface area contributed by atoms with Gasteiger partial charge in [-0.15, -0.1) is 0 Å². The van der Waals surface area contributed by atoms with Gasteiger partial charge in [0.05, 0.1) is 12.4 Å². The van der Waals surface area contributed by atoms with Crippen LogP contribution in [-0.2, 0) is 14.8 Å². The minimum absolute atomic E-state index is 0.0293. The summed E-state index contributed by atoms with van der Waals surface area (Å²) < 4.78 is 25.7. The van der Waals surface area contributed by atoms with E-state index in [0.29, 0.717) is 0 Å². The van der Waals surface area contributed by atoms with Gasteiger partial charge in [0, 0.05) is 13.1 Å². The molecule has 0 spiro atoms. The fourth-order valence-corrected chi connectivity index (χ4v) is 3.24. The molecule has 0 aliphatic carbocycles. The monoisotopic (exact) mass is 290 g/mol. The van der Waals surface area contributed by atoms with E-state index in [9.17, 15) is 13.2 Å². The normalized spacial score (nSPS) is 21.7. The van der Waals surface area contributed by atoms with Gasteiger partial charge < -0.3 is 5.32 Å². The van der Waals surface area contributed by atoms with Crippen LogP contribution in [0.1, 0.15) is 6.92 Å². The quantitative estimate of drug-likeness (QED) is 0.751. The molecule has 1 amide bonds. The molecule has 1 fully saturated rings. The van der Waals surface area contributed by atoms with Crippen molar-refractivity contribution >= 4 is 27.5 Å². The van der Waals surface area contributed by atoms with Crippen molar-refractivity contribution in [2.45, 2.75) is 17.9 Å². The zero-order valence-corrected chi connectivity index (χ0v) is 11.1. The van der Waals surface area contributed by atoms with Gasteiger partial charge in [0.15, 0.2) is 0 Å². The molecule has 2 heterocycles. The van der Waals surface area contributed by atoms with Crippen molar-refractivity contribution in [2.75, 3.05) is 13.1 Å². The molecule has 1 unspecified atom stereocenters. The summed E-state index contributed by atoms with van der Waals surface area (Å²) in [6.45, 7) is 2.04. The van der Waals surface area contributed by atoms with Gasteiger partial charge >= 0.3 is 0 Å². The van der Waals surface area contributed by atoms with Crippen LogP contribution in [0.5, 0.6) is 0 Å². The van der Waals surface area contributed by atoms with Gasteiger partial charge in [-0.05, 0) is 18.5 Å². The second-order valence-corrected chi connectivity index (χ2v) is 6.00. The van der Waals surface area contributed by atoms with Gasteiger partial charge in [0.2, 0.25) is 21.2 Å². The number of hydrogen-bond donors (Lipinski definition) is 1. The second kappa shape index (κ2) is 4.79. The third kappa shape index (κ3) is 2.31. The highest BCUT2D eigenvalue weighted by molar-refractivity contribution is 7.89. The molecule has 1 N–H and O–H groups in total. The van der Waals surface area contributed by atoms with Crippen LogP contribution < -0.4 is 5.32 Å². The second-order valence-electron chi connectivity index (χ2n) is 3.77. The van der Waals surface area contributed by atoms with Crippen molar-refractivity contribution in [3.05, 3.63) is 17.7 Å². The molecule has 1 aromatic rings. The molecule has 1 aliphatic heterocycles. The van der Waals surface area contributed by atoms with E-state index in [-0.39, 0.29) is 29.2 Å². The molecule has 0 saturated carbocycles. The Hall–Kier alpha value is -1.25. The third-order valence-corrected chi connectivity index (χ3v) is 4.76. The van der Waals surface area contributed by atoms with E-state index in [1.807, 2.05) is 0 Å². The first-order valence-electron chi connectivity index (χ1n) is 5.20. The molecule has 98 valence electrons. The van der Waals surface area contributed by atoms with Crippen molar-refractivity contribution in [3.8, 4) is 0 Å². The van der Waals surface area contributed by atoms with Crippen LogP contribution in [0.3, 0.4) is 0 Å². The number of aromatic nitrogens is 2. The van der Waals surface area contributed by atoms with Crippen LogP contribution >= 0.6 is 11.6 Å². The number of carbonyl (C=O) groups excluding carboxylic acids is 1. The predicted molar refractivity (Wildman–Crippen MR) is 63.4 cm³/mol. The lowest BCUT2D eigenvalue weighted by atomic mass is 10.2. The topological polar surface area (TPSA) is 92.3 Å². The van der Waals surface area contributed by atoms with Crippen LogP contribution in [0, 0.1) is 0 Å². The molecule has 0 radical (unpaired) electrons. The van der Waals surface area contributed by atoms with E-state index in [0.717, 1.165) is 16.7 Å². The van der Waals surface area contributed by atoms with Crippen LogP contribution in [0.2, 0.25) is 5.28 Å². The molecule has 1 saturated heterocycles. The van der Waals surface area contributed by atoms with Crippen LogP contribution in [0.15, 0.2) is 17.3 Å². The highest BCUT2D eigenvalue weighted by atomic mass is 35.5. The fourth-order valence-electron chi connectivity index (χ4n) is 1.66. The summed E-state index contributed by atoms with van der Waals surface area (Å²) in [6, 6.07) is -0.751. The molecule has 7 nitrogen and oxygen atoms in total. The Bertz CT molecular complexity index is 560. The number of halogens is 1. The maximum absolute atomic E-state index is 12.3. The summed E-state index contributed by atoms with van der Waals surface area (Å²) in [5.41, 5.74) is 0. The number of sulfonamides is 1. The molecule has 1 aromatic heterocycles. The largest absolute Gasteiger partial charge is 0.353 e. The number of hydrogen-bond acceptors (Lipinski definition) is 5. The summed E-state index contributed by atoms with van der Waals surface area (Å²) in [5.74, 6) is -0.320. The minimum Gasteiger partial charge on any atom is -0.353 e. The molecular weight excluding hydrogens is 280 g/mol. The van der Waals surface area contributed by atoms with Gasteiger partial charge in [0.1, 0.15) is 10.9 Å². The fraction of sp³-hybridized carbons (Fsp3) is 0.444. The third-order valence-electron chi connectivity index (χ3n) is 2.65. The minimum atomic E-state index is -3.77. The van der Waals surface area contributed by atoms with E-state index >= 15 is 0 Å². The highest BCUT2D eigenvalue weighted by Gasteiger charge is 2.35. The van der Waals surface area contributed by atoms with E-state index in [1.54, 1.807) is 0 Å². The first-order chi connectivity index (χ1) is 8.43. The lowest BCUT2D eigenvalue weighted by molar-refractivity contribution is -0.126. The van der Waals surface area contributed by atoms with Gasteiger partial charge in [-0.3, -0.25) is 4.79 Å². The Morgan fingerprint density at radius 2 is 2.06 bits per heavy atom. The number of nitrogens with zero attached hydrogens (tertiary/aromatic N) is 3. The number of rotatable bonds is 2. The maximum Gasteiger partial charge on any atom is 0.246 e. The zero-order chi connectivity index (χ0) is 13.3. The molecule has 1 aliphatic rings. The van der Waals surface area contributed by atoms with E-state index in [2.05, 4.69) is 15.3 Å². The Kier molecular flexibility index (Phi) is 3.51. The summed E-state index contributed by atoms with van der Waals surface area (Å²) in [4.78, 5) is 18.7. The Labute approximate surface area is 109 Å². The predicted octanol–water partition coefficient (Wildman–Crippen LogP) is -0.361. The highest BCUT2D eigenvalue weighted by Crippen LogP contribution is 2.18. The van der Waals surface area contributed by atoms with Crippen molar-refractivity contribution in [3.63, 3.8) is 0 Å². The molecule has 0 aromatic carbocycles. The van der Waals surface area contributed by atoms with Gasteiger partial charge in [-0.1, -0.05) is 0 Å². The molecular formula is C9H11ClN4O3S. The van der Waals surface area contributed by atoms with Gasteiger partial charge in [-0.25, -0.2) is 18.4 Å². The van der Waals surface area contributed by atoms with E-state index in [4.69, 9.17) is 11.6 Å². The van der Waals surface area contributed by atoms with E-state index in [1.165, 1.54) is 6.92 Å². The molecule has 1 atom stereocenters. The molecule has 9 heteroatoms. The van der Waals surface area contributed by atoms with Crippen LogP contribution in [-0.4, -0.2) is 47.7 Å². The first-order valence-corrected chi connectivity index (χ1v) is 7.02. The first kappa shape index (κ1) is 13.2. The smallest absolute Gasteiger partial charge is 0.246 e. The number of carbonyl (C=O) groups is 1. The van der Waals surface area contributed by atoms with Gasteiger partial charge in [0.25, 0.3) is 0 Å². The number of piperazine rings is 1. The summed E-state index contributed by atoms with van der Waals surface area (Å²) in [7, 11) is -3.77. The summed E-state index contributed by atoms with van der Waals surface area (Å²) >= 11 is 5.50. The SMILES string of the molecule is CC1C(=O)NCCN1S(=O)(=O)c1cnc(Cl)nc1. The molecule has 2 rings (SSSR count). The van der Waals surface area contributed by atoms with Crippen LogP contribution in [0.4, 0.5) is 0 Å². The van der Waals surface area contributed by atoms with Crippen molar-refractivity contribution < 1.29 is 13.2 Å².